The molecule has 2 aromatic heterocycles. The van der Waals surface area contributed by atoms with E-state index in [4.69, 9.17) is 4.74 Å². The van der Waals surface area contributed by atoms with Crippen molar-refractivity contribution in [1.82, 2.24) is 24.7 Å². The largest absolute Gasteiger partial charge is 0.504 e. The first-order chi connectivity index (χ1) is 13.3. The molecule has 11 heteroatoms. The van der Waals surface area contributed by atoms with Gasteiger partial charge in [-0.1, -0.05) is 0 Å². The maximum atomic E-state index is 11.5. The third kappa shape index (κ3) is 3.41. The van der Waals surface area contributed by atoms with Crippen molar-refractivity contribution in [2.45, 2.75) is 27.7 Å². The van der Waals surface area contributed by atoms with E-state index >= 15 is 0 Å². The second-order valence-electron chi connectivity index (χ2n) is 5.98. The van der Waals surface area contributed by atoms with Crippen molar-refractivity contribution in [2.24, 2.45) is 5.10 Å². The van der Waals surface area contributed by atoms with Gasteiger partial charge in [0.2, 0.25) is 5.75 Å². The molecule has 0 aliphatic carbocycles. The molecule has 0 fully saturated rings. The molecule has 1 N–H and O–H groups in total. The Balaban J connectivity index is 2.09. The van der Waals surface area contributed by atoms with Crippen LogP contribution < -0.4 is 4.74 Å². The molecule has 3 aromatic rings. The molecular weight excluding hydrogens is 366 g/mol. The fourth-order valence-electron chi connectivity index (χ4n) is 2.72. The summed E-state index contributed by atoms with van der Waals surface area (Å²) >= 11 is 0. The summed E-state index contributed by atoms with van der Waals surface area (Å²) in [6.45, 7) is 7.27. The highest BCUT2D eigenvalue weighted by Gasteiger charge is 2.24. The molecule has 0 unspecified atom stereocenters. The highest BCUT2D eigenvalue weighted by molar-refractivity contribution is 5.88. The Morgan fingerprint density at radius 3 is 2.68 bits per heavy atom. The Morgan fingerprint density at radius 2 is 2.07 bits per heavy atom. The lowest BCUT2D eigenvalue weighted by Gasteiger charge is -2.08. The molecular formula is C17H19N7O4. The van der Waals surface area contributed by atoms with Gasteiger partial charge in [0.05, 0.1) is 29.0 Å². The number of phenols is 1. The van der Waals surface area contributed by atoms with Crippen LogP contribution in [0.25, 0.3) is 5.95 Å². The normalized spacial score (nSPS) is 11.3. The molecule has 28 heavy (non-hydrogen) atoms. The first kappa shape index (κ1) is 19.0. The zero-order valence-electron chi connectivity index (χ0n) is 15.8. The Labute approximate surface area is 160 Å². The average Bonchev–Trinajstić information content (AvgIpc) is 3.16. The molecule has 0 saturated heterocycles. The monoisotopic (exact) mass is 385 g/mol. The summed E-state index contributed by atoms with van der Waals surface area (Å²) in [6, 6.07) is 4.60. The van der Waals surface area contributed by atoms with Crippen LogP contribution >= 0.6 is 0 Å². The number of nitrogens with zero attached hydrogens (tertiary/aromatic N) is 7. The van der Waals surface area contributed by atoms with Gasteiger partial charge >= 0.3 is 5.69 Å². The third-order valence-corrected chi connectivity index (χ3v) is 3.90. The van der Waals surface area contributed by atoms with E-state index in [9.17, 15) is 15.2 Å². The molecule has 0 aliphatic heterocycles. The summed E-state index contributed by atoms with van der Waals surface area (Å²) in [5.74, 6) is 0.321. The number of nitro groups is 1. The van der Waals surface area contributed by atoms with Crippen LogP contribution in [0.15, 0.2) is 23.3 Å². The van der Waals surface area contributed by atoms with Crippen LogP contribution in [0, 0.1) is 30.9 Å². The van der Waals surface area contributed by atoms with Gasteiger partial charge in [-0.25, -0.2) is 4.68 Å². The van der Waals surface area contributed by atoms with Gasteiger partial charge in [0.1, 0.15) is 0 Å². The Morgan fingerprint density at radius 1 is 1.32 bits per heavy atom. The third-order valence-electron chi connectivity index (χ3n) is 3.90. The zero-order valence-corrected chi connectivity index (χ0v) is 15.8. The van der Waals surface area contributed by atoms with Crippen molar-refractivity contribution in [1.29, 1.82) is 0 Å². The lowest BCUT2D eigenvalue weighted by atomic mass is 10.1. The number of aryl methyl sites for hydroxylation is 3. The van der Waals surface area contributed by atoms with E-state index < -0.39 is 4.92 Å². The number of benzene rings is 1. The van der Waals surface area contributed by atoms with Crippen molar-refractivity contribution in [2.75, 3.05) is 6.61 Å². The van der Waals surface area contributed by atoms with Crippen molar-refractivity contribution in [3.05, 3.63) is 51.1 Å². The predicted molar refractivity (Wildman–Crippen MR) is 100 cm³/mol. The minimum absolute atomic E-state index is 0.165. The van der Waals surface area contributed by atoms with E-state index in [1.165, 1.54) is 23.0 Å². The van der Waals surface area contributed by atoms with E-state index in [2.05, 4.69) is 20.4 Å². The number of aromatic hydroxyl groups is 1. The van der Waals surface area contributed by atoms with Crippen molar-refractivity contribution in [3.63, 3.8) is 0 Å². The number of rotatable bonds is 6. The molecule has 0 bridgehead atoms. The number of ether oxygens (including phenoxy) is 1. The summed E-state index contributed by atoms with van der Waals surface area (Å²) < 4.78 is 8.26. The summed E-state index contributed by atoms with van der Waals surface area (Å²) in [6.07, 6.45) is 1.30. The summed E-state index contributed by atoms with van der Waals surface area (Å²) in [4.78, 5) is 10.9. The minimum atomic E-state index is -0.618. The highest BCUT2D eigenvalue weighted by Crippen LogP contribution is 2.38. The molecule has 3 rings (SSSR count). The molecule has 2 heterocycles. The van der Waals surface area contributed by atoms with Crippen LogP contribution in [0.5, 0.6) is 11.5 Å². The van der Waals surface area contributed by atoms with Gasteiger partial charge in [-0.15, -0.1) is 10.2 Å². The van der Waals surface area contributed by atoms with Gasteiger partial charge in [-0.2, -0.15) is 14.9 Å². The second-order valence-corrected chi connectivity index (χ2v) is 5.98. The van der Waals surface area contributed by atoms with Crippen LogP contribution in [-0.4, -0.2) is 47.5 Å². The van der Waals surface area contributed by atoms with Gasteiger partial charge in [-0.3, -0.25) is 10.1 Å². The van der Waals surface area contributed by atoms with Crippen molar-refractivity contribution >= 4 is 11.9 Å². The fourth-order valence-corrected chi connectivity index (χ4v) is 2.72. The van der Waals surface area contributed by atoms with Crippen LogP contribution in [0.4, 0.5) is 5.69 Å². The van der Waals surface area contributed by atoms with E-state index in [-0.39, 0.29) is 29.4 Å². The first-order valence-electron chi connectivity index (χ1n) is 8.46. The fraction of sp³-hybridized carbons (Fsp3) is 0.294. The SMILES string of the molecule is CCOc1c(O)ccc(/C=N/n2c(C)nnc2-n2nc(C)cc2C)c1[N+](=O)[O-]. The molecule has 0 radical (unpaired) electrons. The number of nitro benzene ring substituents is 1. The first-order valence-corrected chi connectivity index (χ1v) is 8.46. The number of aromatic nitrogens is 5. The lowest BCUT2D eigenvalue weighted by Crippen LogP contribution is -2.08. The average molecular weight is 385 g/mol. The van der Waals surface area contributed by atoms with Gasteiger partial charge in [0, 0.05) is 5.69 Å². The molecule has 0 amide bonds. The molecule has 146 valence electrons. The maximum Gasteiger partial charge on any atom is 0.323 e. The van der Waals surface area contributed by atoms with Gasteiger partial charge < -0.3 is 9.84 Å². The van der Waals surface area contributed by atoms with E-state index in [1.54, 1.807) is 18.5 Å². The van der Waals surface area contributed by atoms with Gasteiger partial charge in [0.15, 0.2) is 11.6 Å². The number of phenolic OH excluding ortho intramolecular Hbond substituents is 1. The van der Waals surface area contributed by atoms with E-state index in [0.717, 1.165) is 11.4 Å². The van der Waals surface area contributed by atoms with Crippen molar-refractivity contribution < 1.29 is 14.8 Å². The standard InChI is InChI=1S/C17H19N7O4/c1-5-28-16-14(25)7-6-13(15(16)24(26)27)9-18-23-12(4)19-20-17(23)22-11(3)8-10(2)21-22/h6-9,25H,5H2,1-4H3/b18-9+. The van der Waals surface area contributed by atoms with E-state index in [1.807, 2.05) is 19.9 Å². The molecule has 0 saturated carbocycles. The highest BCUT2D eigenvalue weighted by atomic mass is 16.6. The van der Waals surface area contributed by atoms with Crippen LogP contribution in [-0.2, 0) is 0 Å². The Hall–Kier alpha value is -3.76. The minimum Gasteiger partial charge on any atom is -0.504 e. The summed E-state index contributed by atoms with van der Waals surface area (Å²) in [7, 11) is 0. The lowest BCUT2D eigenvalue weighted by molar-refractivity contribution is -0.386. The number of hydrogen-bond donors (Lipinski definition) is 1. The van der Waals surface area contributed by atoms with Crippen LogP contribution in [0.2, 0.25) is 0 Å². The van der Waals surface area contributed by atoms with Gasteiger partial charge in [-0.05, 0) is 45.9 Å². The second kappa shape index (κ2) is 7.47. The topological polar surface area (TPSA) is 133 Å². The smallest absolute Gasteiger partial charge is 0.323 e. The summed E-state index contributed by atoms with van der Waals surface area (Å²) in [5, 5.41) is 38.2. The van der Waals surface area contributed by atoms with Crippen LogP contribution in [0.3, 0.4) is 0 Å². The zero-order chi connectivity index (χ0) is 20.4. The van der Waals surface area contributed by atoms with E-state index in [0.29, 0.717) is 11.8 Å². The molecule has 1 aromatic carbocycles. The van der Waals surface area contributed by atoms with Crippen molar-refractivity contribution in [3.8, 4) is 17.4 Å². The quantitative estimate of drug-likeness (QED) is 0.391. The van der Waals surface area contributed by atoms with Crippen LogP contribution in [0.1, 0.15) is 29.7 Å². The van der Waals surface area contributed by atoms with Gasteiger partial charge in [0.25, 0.3) is 5.95 Å². The number of hydrogen-bond acceptors (Lipinski definition) is 8. The Kier molecular flexibility index (Phi) is 5.07. The molecule has 0 spiro atoms. The maximum absolute atomic E-state index is 11.5. The predicted octanol–water partition coefficient (Wildman–Crippen LogP) is 2.28. The Bertz CT molecular complexity index is 1070. The summed E-state index contributed by atoms with van der Waals surface area (Å²) in [5.41, 5.74) is 1.45. The molecule has 0 aliphatic rings. The molecule has 11 nitrogen and oxygen atoms in total. The molecule has 0 atom stereocenters.